The molecular weight excluding hydrogens is 210 g/mol. The highest BCUT2D eigenvalue weighted by Crippen LogP contribution is 2.22. The van der Waals surface area contributed by atoms with Crippen molar-refractivity contribution in [3.63, 3.8) is 0 Å². The summed E-state index contributed by atoms with van der Waals surface area (Å²) in [6.45, 7) is 5.36. The van der Waals surface area contributed by atoms with E-state index < -0.39 is 0 Å². The van der Waals surface area contributed by atoms with Gasteiger partial charge in [0.1, 0.15) is 5.78 Å². The number of nitrogens with one attached hydrogen (secondary N) is 1. The molecule has 1 aromatic rings. The number of hydrogen-bond donors (Lipinski definition) is 1. The normalized spacial score (nSPS) is 12.2. The van der Waals surface area contributed by atoms with E-state index >= 15 is 0 Å². The number of amides is 1. The van der Waals surface area contributed by atoms with Gasteiger partial charge < -0.3 is 5.32 Å². The van der Waals surface area contributed by atoms with E-state index in [1.807, 2.05) is 26.0 Å². The van der Waals surface area contributed by atoms with Crippen molar-refractivity contribution in [3.8, 4) is 0 Å². The Labute approximate surface area is 93.5 Å². The molecule has 82 valence electrons. The number of hydrogen-bond acceptors (Lipinski definition) is 3. The Morgan fingerprint density at radius 1 is 1.47 bits per heavy atom. The minimum absolute atomic E-state index is 0.0180. The molecule has 0 spiro atoms. The summed E-state index contributed by atoms with van der Waals surface area (Å²) in [4.78, 5) is 24.4. The molecule has 1 amide bonds. The van der Waals surface area contributed by atoms with Gasteiger partial charge in [-0.1, -0.05) is 0 Å². The molecule has 0 aliphatic rings. The molecule has 1 heterocycles. The van der Waals surface area contributed by atoms with E-state index in [9.17, 15) is 9.59 Å². The molecular formula is C11H15NO2S. The van der Waals surface area contributed by atoms with Crippen molar-refractivity contribution >= 4 is 23.0 Å². The van der Waals surface area contributed by atoms with Gasteiger partial charge in [0, 0.05) is 9.75 Å². The van der Waals surface area contributed by atoms with Gasteiger partial charge in [-0.15, -0.1) is 11.3 Å². The third-order valence-corrected chi connectivity index (χ3v) is 3.16. The summed E-state index contributed by atoms with van der Waals surface area (Å²) in [5.41, 5.74) is 0. The molecule has 1 rings (SSSR count). The number of carbonyl (C=O) groups is 2. The Balaban J connectivity index is 2.52. The van der Waals surface area contributed by atoms with Crippen molar-refractivity contribution in [1.82, 2.24) is 5.32 Å². The predicted molar refractivity (Wildman–Crippen MR) is 60.9 cm³/mol. The van der Waals surface area contributed by atoms with Crippen LogP contribution in [0.1, 0.15) is 36.1 Å². The van der Waals surface area contributed by atoms with E-state index in [1.54, 1.807) is 11.3 Å². The van der Waals surface area contributed by atoms with Gasteiger partial charge in [0.2, 0.25) is 5.91 Å². The Hall–Kier alpha value is -1.16. The lowest BCUT2D eigenvalue weighted by Gasteiger charge is -2.11. The van der Waals surface area contributed by atoms with Crippen LogP contribution in [0.15, 0.2) is 12.1 Å². The van der Waals surface area contributed by atoms with Gasteiger partial charge in [0.15, 0.2) is 0 Å². The van der Waals surface area contributed by atoms with Gasteiger partial charge >= 0.3 is 0 Å². The van der Waals surface area contributed by atoms with E-state index in [2.05, 4.69) is 5.32 Å². The van der Waals surface area contributed by atoms with E-state index in [0.717, 1.165) is 4.88 Å². The number of Topliss-reactive ketones (excluding diaryl/α,β-unsaturated/α-hetero) is 1. The molecule has 0 aliphatic carbocycles. The maximum absolute atomic E-state index is 11.3. The lowest BCUT2D eigenvalue weighted by atomic mass is 10.2. The zero-order valence-electron chi connectivity index (χ0n) is 9.16. The second-order valence-corrected chi connectivity index (χ2v) is 4.94. The van der Waals surface area contributed by atoms with E-state index in [4.69, 9.17) is 0 Å². The lowest BCUT2D eigenvalue weighted by Crippen LogP contribution is -2.27. The molecule has 0 aliphatic heterocycles. The highest BCUT2D eigenvalue weighted by Gasteiger charge is 2.12. The van der Waals surface area contributed by atoms with Crippen LogP contribution < -0.4 is 5.32 Å². The molecule has 0 aromatic carbocycles. The predicted octanol–water partition coefficient (Wildman–Crippen LogP) is 2.21. The minimum atomic E-state index is -0.207. The molecule has 0 radical (unpaired) electrons. The summed E-state index contributed by atoms with van der Waals surface area (Å²) < 4.78 is 0. The molecule has 1 aromatic heterocycles. The van der Waals surface area contributed by atoms with Crippen molar-refractivity contribution in [2.24, 2.45) is 0 Å². The molecule has 0 saturated heterocycles. The van der Waals surface area contributed by atoms with Crippen LogP contribution in [0, 0.1) is 6.92 Å². The van der Waals surface area contributed by atoms with Gasteiger partial charge in [-0.05, 0) is 32.9 Å². The molecule has 3 nitrogen and oxygen atoms in total. The van der Waals surface area contributed by atoms with E-state index in [0.29, 0.717) is 0 Å². The number of thiophene rings is 1. The van der Waals surface area contributed by atoms with Crippen LogP contribution in [-0.4, -0.2) is 11.7 Å². The summed E-state index contributed by atoms with van der Waals surface area (Å²) in [6.07, 6.45) is -0.0330. The Bertz CT molecular complexity index is 370. The standard InChI is InChI=1S/C11H15NO2S/c1-7(13)6-11(14)12-9(3)10-5-4-8(2)15-10/h4-5,9H,6H2,1-3H3,(H,12,14). The van der Waals surface area contributed by atoms with Gasteiger partial charge in [-0.3, -0.25) is 9.59 Å². The first-order valence-electron chi connectivity index (χ1n) is 4.84. The molecule has 15 heavy (non-hydrogen) atoms. The monoisotopic (exact) mass is 225 g/mol. The van der Waals surface area contributed by atoms with Crippen LogP contribution in [0.4, 0.5) is 0 Å². The number of rotatable bonds is 4. The lowest BCUT2D eigenvalue weighted by molar-refractivity contribution is -0.127. The quantitative estimate of drug-likeness (QED) is 0.799. The van der Waals surface area contributed by atoms with Crippen LogP contribution in [-0.2, 0) is 9.59 Å². The molecule has 4 heteroatoms. The van der Waals surface area contributed by atoms with Gasteiger partial charge in [-0.25, -0.2) is 0 Å². The molecule has 0 fully saturated rings. The fourth-order valence-corrected chi connectivity index (χ4v) is 2.16. The van der Waals surface area contributed by atoms with Crippen molar-refractivity contribution in [2.45, 2.75) is 33.2 Å². The zero-order valence-corrected chi connectivity index (χ0v) is 9.98. The Morgan fingerprint density at radius 3 is 2.60 bits per heavy atom. The van der Waals surface area contributed by atoms with Gasteiger partial charge in [0.25, 0.3) is 0 Å². The summed E-state index contributed by atoms with van der Waals surface area (Å²) in [6, 6.07) is 4.00. The average molecular weight is 225 g/mol. The largest absolute Gasteiger partial charge is 0.348 e. The highest BCUT2D eigenvalue weighted by atomic mass is 32.1. The molecule has 1 unspecified atom stereocenters. The summed E-state index contributed by atoms with van der Waals surface area (Å²) in [7, 11) is 0. The smallest absolute Gasteiger partial charge is 0.227 e. The summed E-state index contributed by atoms with van der Waals surface area (Å²) in [5, 5.41) is 2.79. The van der Waals surface area contributed by atoms with E-state index in [1.165, 1.54) is 11.8 Å². The van der Waals surface area contributed by atoms with Crippen molar-refractivity contribution < 1.29 is 9.59 Å². The second kappa shape index (κ2) is 5.07. The summed E-state index contributed by atoms with van der Waals surface area (Å²) >= 11 is 1.66. The highest BCUT2D eigenvalue weighted by molar-refractivity contribution is 7.12. The third kappa shape index (κ3) is 3.83. The van der Waals surface area contributed by atoms with Crippen molar-refractivity contribution in [2.75, 3.05) is 0 Å². The topological polar surface area (TPSA) is 46.2 Å². The molecule has 1 atom stereocenters. The number of ketones is 1. The van der Waals surface area contributed by atoms with Gasteiger partial charge in [0.05, 0.1) is 12.5 Å². The van der Waals surface area contributed by atoms with Gasteiger partial charge in [-0.2, -0.15) is 0 Å². The number of aryl methyl sites for hydroxylation is 1. The van der Waals surface area contributed by atoms with Crippen LogP contribution in [0.5, 0.6) is 0 Å². The first-order valence-corrected chi connectivity index (χ1v) is 5.66. The Morgan fingerprint density at radius 2 is 2.13 bits per heavy atom. The first kappa shape index (κ1) is 11.9. The average Bonchev–Trinajstić information content (AvgIpc) is 2.49. The molecule has 1 N–H and O–H groups in total. The minimum Gasteiger partial charge on any atom is -0.348 e. The molecule has 0 bridgehead atoms. The van der Waals surface area contributed by atoms with Crippen LogP contribution in [0.25, 0.3) is 0 Å². The van der Waals surface area contributed by atoms with Crippen LogP contribution >= 0.6 is 11.3 Å². The zero-order chi connectivity index (χ0) is 11.4. The fraction of sp³-hybridized carbons (Fsp3) is 0.455. The van der Waals surface area contributed by atoms with Crippen molar-refractivity contribution in [3.05, 3.63) is 21.9 Å². The SMILES string of the molecule is CC(=O)CC(=O)NC(C)c1ccc(C)s1. The maximum Gasteiger partial charge on any atom is 0.227 e. The molecule has 0 saturated carbocycles. The maximum atomic E-state index is 11.3. The first-order chi connectivity index (χ1) is 6.99. The van der Waals surface area contributed by atoms with Crippen LogP contribution in [0.2, 0.25) is 0 Å². The van der Waals surface area contributed by atoms with Crippen molar-refractivity contribution in [1.29, 1.82) is 0 Å². The van der Waals surface area contributed by atoms with E-state index in [-0.39, 0.29) is 24.2 Å². The fourth-order valence-electron chi connectivity index (χ4n) is 1.28. The Kier molecular flexibility index (Phi) is 4.03. The summed E-state index contributed by atoms with van der Waals surface area (Å²) in [5.74, 6) is -0.317. The number of carbonyl (C=O) groups excluding carboxylic acids is 2. The van der Waals surface area contributed by atoms with Crippen LogP contribution in [0.3, 0.4) is 0 Å². The third-order valence-electron chi connectivity index (χ3n) is 1.97. The second-order valence-electron chi connectivity index (χ2n) is 3.62.